The predicted octanol–water partition coefficient (Wildman–Crippen LogP) is 4.15. The van der Waals surface area contributed by atoms with Crippen LogP contribution in [0.2, 0.25) is 5.02 Å². The van der Waals surface area contributed by atoms with Crippen molar-refractivity contribution in [3.63, 3.8) is 0 Å². The molecule has 1 aromatic carbocycles. The van der Waals surface area contributed by atoms with Gasteiger partial charge in [-0.2, -0.15) is 0 Å². The number of aliphatic carboxylic acids is 1. The molecule has 7 heteroatoms. The molecular formula is C18H18ClN3O2S. The summed E-state index contributed by atoms with van der Waals surface area (Å²) in [5.74, 6) is -0.786. The number of carbonyl (C=O) groups is 1. The zero-order valence-electron chi connectivity index (χ0n) is 13.7. The Hall–Kier alpha value is -1.89. The number of carboxylic acid groups (broad SMARTS) is 1. The quantitative estimate of drug-likeness (QED) is 0.703. The maximum atomic E-state index is 11.5. The second kappa shape index (κ2) is 6.44. The molecule has 1 saturated carbocycles. The Morgan fingerprint density at radius 1 is 1.44 bits per heavy atom. The van der Waals surface area contributed by atoms with Gasteiger partial charge in [0.25, 0.3) is 0 Å². The molecule has 1 fully saturated rings. The molecule has 4 rings (SSSR count). The number of carboxylic acids is 1. The number of thiazole rings is 1. The fraction of sp³-hybridized carbons (Fsp3) is 0.333. The van der Waals surface area contributed by atoms with Crippen molar-refractivity contribution in [3.8, 4) is 11.3 Å². The van der Waals surface area contributed by atoms with Gasteiger partial charge in [0, 0.05) is 34.7 Å². The maximum absolute atomic E-state index is 11.5. The summed E-state index contributed by atoms with van der Waals surface area (Å²) in [5.41, 5.74) is 2.92. The summed E-state index contributed by atoms with van der Waals surface area (Å²) in [6.07, 6.45) is 4.11. The SMILES string of the molecule is CC(C(=O)O)N(Cc1c(-c2ccc(Cl)cc2)nc2sccn12)C1CC1. The van der Waals surface area contributed by atoms with Crippen molar-refractivity contribution < 1.29 is 9.90 Å². The van der Waals surface area contributed by atoms with Crippen molar-refractivity contribution >= 4 is 33.9 Å². The molecule has 25 heavy (non-hydrogen) atoms. The predicted molar refractivity (Wildman–Crippen MR) is 99.2 cm³/mol. The van der Waals surface area contributed by atoms with E-state index in [1.807, 2.05) is 35.8 Å². The van der Waals surface area contributed by atoms with E-state index in [0.29, 0.717) is 17.6 Å². The largest absolute Gasteiger partial charge is 0.480 e. The first kappa shape index (κ1) is 16.6. The molecule has 0 saturated heterocycles. The van der Waals surface area contributed by atoms with Crippen molar-refractivity contribution in [1.29, 1.82) is 0 Å². The molecule has 0 radical (unpaired) electrons. The number of hydrogen-bond acceptors (Lipinski definition) is 4. The van der Waals surface area contributed by atoms with Gasteiger partial charge in [0.2, 0.25) is 0 Å². The van der Waals surface area contributed by atoms with Crippen molar-refractivity contribution in [2.45, 2.75) is 38.4 Å². The van der Waals surface area contributed by atoms with Crippen LogP contribution in [0.4, 0.5) is 0 Å². The lowest BCUT2D eigenvalue weighted by molar-refractivity contribution is -0.143. The van der Waals surface area contributed by atoms with Crippen LogP contribution in [0.25, 0.3) is 16.2 Å². The average Bonchev–Trinajstić information content (AvgIpc) is 3.23. The van der Waals surface area contributed by atoms with Crippen LogP contribution in [-0.2, 0) is 11.3 Å². The number of halogens is 1. The molecule has 1 aliphatic rings. The zero-order valence-corrected chi connectivity index (χ0v) is 15.3. The number of benzene rings is 1. The molecule has 5 nitrogen and oxygen atoms in total. The van der Waals surface area contributed by atoms with Gasteiger partial charge in [-0.3, -0.25) is 14.1 Å². The summed E-state index contributed by atoms with van der Waals surface area (Å²) in [6.45, 7) is 2.32. The van der Waals surface area contributed by atoms with Crippen LogP contribution in [0.1, 0.15) is 25.5 Å². The van der Waals surface area contributed by atoms with Crippen molar-refractivity contribution in [1.82, 2.24) is 14.3 Å². The first-order valence-electron chi connectivity index (χ1n) is 8.23. The third kappa shape index (κ3) is 3.17. The standard InChI is InChI=1S/C18H18ClN3O2S/c1-11(17(23)24)22(14-6-7-14)10-15-16(12-2-4-13(19)5-3-12)20-18-21(15)8-9-25-18/h2-5,8-9,11,14H,6-7,10H2,1H3,(H,23,24). The van der Waals surface area contributed by atoms with Gasteiger partial charge >= 0.3 is 5.97 Å². The molecule has 1 N–H and O–H groups in total. The minimum absolute atomic E-state index is 0.341. The third-order valence-corrected chi connectivity index (χ3v) is 5.69. The molecule has 0 aliphatic heterocycles. The third-order valence-electron chi connectivity index (χ3n) is 4.68. The summed E-state index contributed by atoms with van der Waals surface area (Å²) in [7, 11) is 0. The highest BCUT2D eigenvalue weighted by molar-refractivity contribution is 7.15. The lowest BCUT2D eigenvalue weighted by Crippen LogP contribution is -2.40. The van der Waals surface area contributed by atoms with Gasteiger partial charge in [-0.25, -0.2) is 4.98 Å². The topological polar surface area (TPSA) is 57.8 Å². The number of hydrogen-bond donors (Lipinski definition) is 1. The molecule has 130 valence electrons. The van der Waals surface area contributed by atoms with E-state index < -0.39 is 12.0 Å². The summed E-state index contributed by atoms with van der Waals surface area (Å²) in [5, 5.41) is 12.2. The van der Waals surface area contributed by atoms with E-state index >= 15 is 0 Å². The molecular weight excluding hydrogens is 358 g/mol. The van der Waals surface area contributed by atoms with Crippen LogP contribution in [0.15, 0.2) is 35.8 Å². The molecule has 3 aromatic rings. The van der Waals surface area contributed by atoms with Gasteiger partial charge in [0.15, 0.2) is 4.96 Å². The Morgan fingerprint density at radius 2 is 2.16 bits per heavy atom. The Bertz CT molecular complexity index is 914. The summed E-state index contributed by atoms with van der Waals surface area (Å²) in [4.78, 5) is 19.3. The van der Waals surface area contributed by atoms with E-state index in [2.05, 4.69) is 9.30 Å². The highest BCUT2D eigenvalue weighted by Crippen LogP contribution is 2.34. The summed E-state index contributed by atoms with van der Waals surface area (Å²) < 4.78 is 2.07. The second-order valence-corrected chi connectivity index (χ2v) is 7.70. The van der Waals surface area contributed by atoms with E-state index in [4.69, 9.17) is 16.6 Å². The van der Waals surface area contributed by atoms with Gasteiger partial charge in [-0.1, -0.05) is 23.7 Å². The fourth-order valence-corrected chi connectivity index (χ4v) is 3.98. The summed E-state index contributed by atoms with van der Waals surface area (Å²) in [6, 6.07) is 7.45. The Morgan fingerprint density at radius 3 is 2.80 bits per heavy atom. The number of imidazole rings is 1. The van der Waals surface area contributed by atoms with Crippen molar-refractivity contribution in [2.24, 2.45) is 0 Å². The van der Waals surface area contributed by atoms with Gasteiger partial charge in [0.05, 0.1) is 11.4 Å². The molecule has 1 unspecified atom stereocenters. The average molecular weight is 376 g/mol. The zero-order chi connectivity index (χ0) is 17.6. The molecule has 2 heterocycles. The van der Waals surface area contributed by atoms with Gasteiger partial charge in [-0.05, 0) is 31.9 Å². The van der Waals surface area contributed by atoms with Crippen molar-refractivity contribution in [2.75, 3.05) is 0 Å². The lowest BCUT2D eigenvalue weighted by Gasteiger charge is -2.26. The minimum Gasteiger partial charge on any atom is -0.480 e. The Balaban J connectivity index is 1.77. The minimum atomic E-state index is -0.786. The Labute approximate surface area is 154 Å². The van der Waals surface area contributed by atoms with Crippen molar-refractivity contribution in [3.05, 3.63) is 46.6 Å². The number of fused-ring (bicyclic) bond motifs is 1. The molecule has 0 amide bonds. The molecule has 2 aromatic heterocycles. The molecule has 0 spiro atoms. The van der Waals surface area contributed by atoms with Crippen LogP contribution < -0.4 is 0 Å². The van der Waals surface area contributed by atoms with Gasteiger partial charge in [-0.15, -0.1) is 11.3 Å². The lowest BCUT2D eigenvalue weighted by atomic mass is 10.1. The van der Waals surface area contributed by atoms with Crippen LogP contribution in [0, 0.1) is 0 Å². The van der Waals surface area contributed by atoms with E-state index in [9.17, 15) is 9.90 Å². The number of nitrogens with zero attached hydrogens (tertiary/aromatic N) is 3. The van der Waals surface area contributed by atoms with Crippen LogP contribution in [-0.4, -0.2) is 37.4 Å². The Kier molecular flexibility index (Phi) is 4.27. The van der Waals surface area contributed by atoms with E-state index in [0.717, 1.165) is 34.8 Å². The molecule has 0 bridgehead atoms. The van der Waals surface area contributed by atoms with Crippen LogP contribution in [0.5, 0.6) is 0 Å². The highest BCUT2D eigenvalue weighted by Gasteiger charge is 2.36. The van der Waals surface area contributed by atoms with Crippen LogP contribution in [0.3, 0.4) is 0 Å². The maximum Gasteiger partial charge on any atom is 0.320 e. The van der Waals surface area contributed by atoms with Gasteiger partial charge < -0.3 is 5.11 Å². The smallest absolute Gasteiger partial charge is 0.320 e. The molecule has 1 aliphatic carbocycles. The first-order valence-corrected chi connectivity index (χ1v) is 9.49. The summed E-state index contributed by atoms with van der Waals surface area (Å²) >= 11 is 7.59. The molecule has 1 atom stereocenters. The second-order valence-electron chi connectivity index (χ2n) is 6.39. The number of rotatable bonds is 6. The fourth-order valence-electron chi connectivity index (χ4n) is 3.13. The van der Waals surface area contributed by atoms with Gasteiger partial charge in [0.1, 0.15) is 6.04 Å². The van der Waals surface area contributed by atoms with Crippen LogP contribution >= 0.6 is 22.9 Å². The van der Waals surface area contributed by atoms with E-state index in [1.54, 1.807) is 18.3 Å². The number of aromatic nitrogens is 2. The van der Waals surface area contributed by atoms with E-state index in [-0.39, 0.29) is 0 Å². The highest BCUT2D eigenvalue weighted by atomic mass is 35.5. The van der Waals surface area contributed by atoms with E-state index in [1.165, 1.54) is 0 Å². The normalized spacial score (nSPS) is 15.8. The monoisotopic (exact) mass is 375 g/mol. The first-order chi connectivity index (χ1) is 12.0.